The summed E-state index contributed by atoms with van der Waals surface area (Å²) in [6.45, 7) is 5.69. The van der Waals surface area contributed by atoms with Gasteiger partial charge >= 0.3 is 10.4 Å². The molecule has 0 aromatic heterocycles. The fourth-order valence-corrected chi connectivity index (χ4v) is 2.71. The van der Waals surface area contributed by atoms with Crippen LogP contribution in [-0.2, 0) is 19.4 Å². The fraction of sp³-hybridized carbons (Fsp3) is 0.941. The van der Waals surface area contributed by atoms with Crippen molar-refractivity contribution >= 4 is 16.3 Å². The van der Waals surface area contributed by atoms with Crippen LogP contribution in [0.15, 0.2) is 0 Å². The van der Waals surface area contributed by atoms with Gasteiger partial charge in [0.15, 0.2) is 0 Å². The zero-order chi connectivity index (χ0) is 19.1. The van der Waals surface area contributed by atoms with Gasteiger partial charge in [0.1, 0.15) is 0 Å². The Labute approximate surface area is 153 Å². The van der Waals surface area contributed by atoms with Gasteiger partial charge in [-0.2, -0.15) is 8.42 Å². The van der Waals surface area contributed by atoms with E-state index in [9.17, 15) is 13.2 Å². The van der Waals surface area contributed by atoms with Gasteiger partial charge in [-0.05, 0) is 12.3 Å². The lowest BCUT2D eigenvalue weighted by atomic mass is 10.1. The van der Waals surface area contributed by atoms with Crippen molar-refractivity contribution in [3.05, 3.63) is 0 Å². The number of unbranched alkanes of at least 4 members (excludes halogenated alkanes) is 8. The zero-order valence-corrected chi connectivity index (χ0v) is 16.7. The Bertz CT molecular complexity index is 440. The van der Waals surface area contributed by atoms with Crippen LogP contribution in [-0.4, -0.2) is 31.5 Å². The van der Waals surface area contributed by atoms with E-state index in [1.165, 1.54) is 38.5 Å². The molecule has 150 valence electrons. The molecular formula is C17H36N2O5S. The largest absolute Gasteiger partial charge is 0.397 e. The molecule has 0 saturated carbocycles. The molecular weight excluding hydrogens is 344 g/mol. The quantitative estimate of drug-likeness (QED) is 0.215. The molecule has 0 aromatic rings. The molecule has 3 N–H and O–H groups in total. The van der Waals surface area contributed by atoms with Crippen LogP contribution in [0.4, 0.5) is 0 Å². The summed E-state index contributed by atoms with van der Waals surface area (Å²) >= 11 is 0. The minimum atomic E-state index is -4.47. The second-order valence-corrected chi connectivity index (χ2v) is 7.92. The molecule has 0 bridgehead atoms. The van der Waals surface area contributed by atoms with Gasteiger partial charge in [0.25, 0.3) is 0 Å². The van der Waals surface area contributed by atoms with Crippen LogP contribution in [0.2, 0.25) is 0 Å². The molecule has 25 heavy (non-hydrogen) atoms. The molecule has 0 aliphatic heterocycles. The number of carbonyl (C=O) groups is 1. The van der Waals surface area contributed by atoms with Crippen molar-refractivity contribution in [2.24, 2.45) is 5.92 Å². The van der Waals surface area contributed by atoms with Gasteiger partial charge in [0, 0.05) is 6.42 Å². The number of hydrogen-bond acceptors (Lipinski definition) is 5. The van der Waals surface area contributed by atoms with Crippen molar-refractivity contribution in [2.75, 3.05) is 6.61 Å². The predicted molar refractivity (Wildman–Crippen MR) is 99.2 cm³/mol. The van der Waals surface area contributed by atoms with Crippen LogP contribution >= 0.6 is 0 Å². The van der Waals surface area contributed by atoms with E-state index in [2.05, 4.69) is 22.0 Å². The van der Waals surface area contributed by atoms with Crippen LogP contribution in [0.25, 0.3) is 0 Å². The summed E-state index contributed by atoms with van der Waals surface area (Å²) < 4.78 is 34.2. The molecule has 0 saturated heterocycles. The third kappa shape index (κ3) is 16.5. The molecule has 0 unspecified atom stereocenters. The topological polar surface area (TPSA) is 105 Å². The third-order valence-corrected chi connectivity index (χ3v) is 4.54. The molecule has 1 amide bonds. The van der Waals surface area contributed by atoms with Crippen LogP contribution in [0, 0.1) is 5.92 Å². The molecule has 0 spiro atoms. The maximum atomic E-state index is 11.8. The zero-order valence-electron chi connectivity index (χ0n) is 15.9. The monoisotopic (exact) mass is 380 g/mol. The molecule has 0 aliphatic carbocycles. The van der Waals surface area contributed by atoms with E-state index >= 15 is 0 Å². The lowest BCUT2D eigenvalue weighted by molar-refractivity contribution is -0.122. The summed E-state index contributed by atoms with van der Waals surface area (Å²) in [5.41, 5.74) is 5.35. The highest BCUT2D eigenvalue weighted by Crippen LogP contribution is 2.10. The second kappa shape index (κ2) is 14.5. The molecule has 1 atom stereocenters. The molecule has 0 rings (SSSR count). The first-order valence-corrected chi connectivity index (χ1v) is 10.8. The number of amides is 1. The summed E-state index contributed by atoms with van der Waals surface area (Å²) in [6.07, 6.45) is 11.2. The Morgan fingerprint density at radius 2 is 1.52 bits per heavy atom. The average Bonchev–Trinajstić information content (AvgIpc) is 2.51. The first kappa shape index (κ1) is 24.3. The minimum absolute atomic E-state index is 0.0229. The van der Waals surface area contributed by atoms with E-state index in [1.807, 2.05) is 13.8 Å². The Hall–Kier alpha value is -0.700. The molecule has 0 heterocycles. The standard InChI is InChI=1S/C17H36N2O5S/c1-4-5-6-7-8-9-10-11-12-13-17(20)19-18-16(15(2)3)14-24-25(21,22)23/h15-16,18H,4-14H2,1-3H3,(H,19,20)(H,21,22,23)/t16-/m1/s1. The van der Waals surface area contributed by atoms with Crippen LogP contribution < -0.4 is 10.9 Å². The molecule has 0 fully saturated rings. The first-order valence-electron chi connectivity index (χ1n) is 9.42. The summed E-state index contributed by atoms with van der Waals surface area (Å²) in [6, 6.07) is -0.408. The van der Waals surface area contributed by atoms with E-state index < -0.39 is 16.4 Å². The lowest BCUT2D eigenvalue weighted by Gasteiger charge is -2.21. The normalized spacial score (nSPS) is 13.2. The van der Waals surface area contributed by atoms with E-state index in [0.717, 1.165) is 19.3 Å². The Morgan fingerprint density at radius 3 is 2.00 bits per heavy atom. The highest BCUT2D eigenvalue weighted by Gasteiger charge is 2.17. The lowest BCUT2D eigenvalue weighted by Crippen LogP contribution is -2.49. The van der Waals surface area contributed by atoms with Gasteiger partial charge in [-0.3, -0.25) is 14.8 Å². The van der Waals surface area contributed by atoms with E-state index in [0.29, 0.717) is 6.42 Å². The van der Waals surface area contributed by atoms with Crippen molar-refractivity contribution in [2.45, 2.75) is 91.0 Å². The van der Waals surface area contributed by atoms with Gasteiger partial charge in [0.05, 0.1) is 12.6 Å². The van der Waals surface area contributed by atoms with Crippen molar-refractivity contribution < 1.29 is 21.9 Å². The van der Waals surface area contributed by atoms with E-state index in [-0.39, 0.29) is 18.4 Å². The predicted octanol–water partition coefficient (Wildman–Crippen LogP) is 3.37. The molecule has 0 aromatic carbocycles. The number of hydrogen-bond donors (Lipinski definition) is 3. The number of hydrazine groups is 1. The van der Waals surface area contributed by atoms with Gasteiger partial charge in [-0.1, -0.05) is 72.1 Å². The van der Waals surface area contributed by atoms with Gasteiger partial charge < -0.3 is 0 Å². The van der Waals surface area contributed by atoms with Gasteiger partial charge in [0.2, 0.25) is 5.91 Å². The Kier molecular flexibility index (Phi) is 14.1. The van der Waals surface area contributed by atoms with Gasteiger partial charge in [-0.15, -0.1) is 0 Å². The van der Waals surface area contributed by atoms with Crippen LogP contribution in [0.3, 0.4) is 0 Å². The van der Waals surface area contributed by atoms with Crippen molar-refractivity contribution in [1.82, 2.24) is 10.9 Å². The van der Waals surface area contributed by atoms with E-state index in [1.54, 1.807) is 0 Å². The van der Waals surface area contributed by atoms with Crippen molar-refractivity contribution in [3.8, 4) is 0 Å². The minimum Gasteiger partial charge on any atom is -0.291 e. The molecule has 0 aliphatic rings. The van der Waals surface area contributed by atoms with Crippen molar-refractivity contribution in [1.29, 1.82) is 0 Å². The highest BCUT2D eigenvalue weighted by molar-refractivity contribution is 7.80. The van der Waals surface area contributed by atoms with E-state index in [4.69, 9.17) is 4.55 Å². The highest BCUT2D eigenvalue weighted by atomic mass is 32.3. The van der Waals surface area contributed by atoms with Crippen LogP contribution in [0.5, 0.6) is 0 Å². The van der Waals surface area contributed by atoms with Gasteiger partial charge in [-0.25, -0.2) is 9.61 Å². The third-order valence-electron chi connectivity index (χ3n) is 4.11. The van der Waals surface area contributed by atoms with Crippen molar-refractivity contribution in [3.63, 3.8) is 0 Å². The second-order valence-electron chi connectivity index (χ2n) is 6.83. The summed E-state index contributed by atoms with van der Waals surface area (Å²) in [4.78, 5) is 11.8. The number of carbonyl (C=O) groups excluding carboxylic acids is 1. The SMILES string of the molecule is CCCCCCCCCCCC(=O)NN[C@H](COS(=O)(=O)O)C(C)C. The Morgan fingerprint density at radius 1 is 1.00 bits per heavy atom. The smallest absolute Gasteiger partial charge is 0.291 e. The summed E-state index contributed by atoms with van der Waals surface area (Å²) in [5.74, 6) is -0.102. The average molecular weight is 381 g/mol. The number of nitrogens with one attached hydrogen (secondary N) is 2. The first-order chi connectivity index (χ1) is 11.8. The fourth-order valence-electron chi connectivity index (χ4n) is 2.39. The summed E-state index contributed by atoms with van der Waals surface area (Å²) in [7, 11) is -4.47. The number of rotatable bonds is 16. The molecule has 7 nitrogen and oxygen atoms in total. The maximum absolute atomic E-state index is 11.8. The Balaban J connectivity index is 3.72. The molecule has 0 radical (unpaired) electrons. The maximum Gasteiger partial charge on any atom is 0.397 e. The van der Waals surface area contributed by atoms with Crippen LogP contribution in [0.1, 0.15) is 85.0 Å². The summed E-state index contributed by atoms with van der Waals surface area (Å²) in [5, 5.41) is 0. The molecule has 8 heteroatoms.